The Balaban J connectivity index is 1.53. The molecule has 49 heavy (non-hydrogen) atoms. The van der Waals surface area contributed by atoms with Crippen molar-refractivity contribution >= 4 is 35.2 Å². The van der Waals surface area contributed by atoms with Crippen LogP contribution in [0.2, 0.25) is 0 Å². The summed E-state index contributed by atoms with van der Waals surface area (Å²) in [7, 11) is 1.52. The highest BCUT2D eigenvalue weighted by molar-refractivity contribution is 6.08. The fourth-order valence-electron chi connectivity index (χ4n) is 5.85. The van der Waals surface area contributed by atoms with E-state index in [1.807, 2.05) is 33.8 Å². The zero-order valence-electron chi connectivity index (χ0n) is 28.5. The Bertz CT molecular complexity index is 1610. The number of benzene rings is 2. The average molecular weight is 689 g/mol. The van der Waals surface area contributed by atoms with E-state index in [0.29, 0.717) is 47.8 Å². The molecular formula is C35H43F3N4O7. The molecular weight excluding hydrogens is 645 g/mol. The molecule has 266 valence electrons. The van der Waals surface area contributed by atoms with Gasteiger partial charge < -0.3 is 29.3 Å². The van der Waals surface area contributed by atoms with Crippen LogP contribution >= 0.6 is 0 Å². The van der Waals surface area contributed by atoms with E-state index in [-0.39, 0.29) is 43.5 Å². The van der Waals surface area contributed by atoms with Gasteiger partial charge in [-0.15, -0.1) is 0 Å². The van der Waals surface area contributed by atoms with Crippen molar-refractivity contribution in [3.05, 3.63) is 52.1 Å². The van der Waals surface area contributed by atoms with Crippen molar-refractivity contribution in [2.24, 2.45) is 0 Å². The van der Waals surface area contributed by atoms with Gasteiger partial charge in [0, 0.05) is 49.8 Å². The number of carbonyl (C=O) groups is 4. The molecule has 0 radical (unpaired) electrons. The van der Waals surface area contributed by atoms with Crippen LogP contribution in [0, 0.1) is 5.41 Å². The monoisotopic (exact) mass is 688 g/mol. The first kappa shape index (κ1) is 37.2. The molecule has 2 aromatic rings. The number of nitrogens with one attached hydrogen (secondary N) is 2. The molecule has 0 bridgehead atoms. The summed E-state index contributed by atoms with van der Waals surface area (Å²) in [5.41, 5.74) is 3.20. The van der Waals surface area contributed by atoms with Gasteiger partial charge in [0.15, 0.2) is 5.78 Å². The molecule has 2 aliphatic rings. The molecule has 14 heteroatoms. The van der Waals surface area contributed by atoms with Gasteiger partial charge in [-0.3, -0.25) is 19.8 Å². The quantitative estimate of drug-likeness (QED) is 0.120. The van der Waals surface area contributed by atoms with Crippen molar-refractivity contribution in [2.45, 2.75) is 77.9 Å². The number of hydrogen-bond acceptors (Lipinski definition) is 9. The Morgan fingerprint density at radius 1 is 0.980 bits per heavy atom. The molecule has 0 unspecified atom stereocenters. The number of carbonyl (C=O) groups excluding carboxylic acids is 4. The summed E-state index contributed by atoms with van der Waals surface area (Å²) in [6, 6.07) is 7.00. The Morgan fingerprint density at radius 3 is 2.29 bits per heavy atom. The van der Waals surface area contributed by atoms with Gasteiger partial charge in [0.1, 0.15) is 17.3 Å². The second kappa shape index (κ2) is 15.3. The summed E-state index contributed by atoms with van der Waals surface area (Å²) in [4.78, 5) is 52.9. The molecule has 2 aliphatic heterocycles. The van der Waals surface area contributed by atoms with Crippen molar-refractivity contribution < 1.29 is 46.6 Å². The maximum atomic E-state index is 13.9. The minimum atomic E-state index is -5.24. The first-order valence-electron chi connectivity index (χ1n) is 16.3. The predicted octanol–water partition coefficient (Wildman–Crippen LogP) is 5.55. The third-order valence-electron chi connectivity index (χ3n) is 8.35. The zero-order chi connectivity index (χ0) is 36.1. The number of amides is 1. The number of ketones is 1. The molecule has 1 saturated heterocycles. The second-order valence-electron chi connectivity index (χ2n) is 13.0. The summed E-state index contributed by atoms with van der Waals surface area (Å²) in [6.45, 7) is 10.1. The van der Waals surface area contributed by atoms with E-state index in [4.69, 9.17) is 14.9 Å². The summed E-state index contributed by atoms with van der Waals surface area (Å²) in [5.74, 6) is -3.18. The van der Waals surface area contributed by atoms with Crippen LogP contribution in [-0.2, 0) is 26.3 Å². The third-order valence-corrected chi connectivity index (χ3v) is 8.35. The summed E-state index contributed by atoms with van der Waals surface area (Å²) in [5, 5.41) is 11.4. The number of halogens is 3. The molecule has 2 heterocycles. The van der Waals surface area contributed by atoms with Gasteiger partial charge in [-0.25, -0.2) is 4.79 Å². The second-order valence-corrected chi connectivity index (χ2v) is 13.0. The third kappa shape index (κ3) is 8.90. The van der Waals surface area contributed by atoms with Gasteiger partial charge in [0.2, 0.25) is 0 Å². The van der Waals surface area contributed by atoms with Crippen molar-refractivity contribution in [3.8, 4) is 11.5 Å². The van der Waals surface area contributed by atoms with E-state index < -0.39 is 23.5 Å². The maximum absolute atomic E-state index is 13.9. The number of rotatable bonds is 13. The van der Waals surface area contributed by atoms with E-state index in [2.05, 4.69) is 15.0 Å². The smallest absolute Gasteiger partial charge is 0.491 e. The van der Waals surface area contributed by atoms with Crippen LogP contribution < -0.4 is 19.7 Å². The summed E-state index contributed by atoms with van der Waals surface area (Å²) >= 11 is 0. The summed E-state index contributed by atoms with van der Waals surface area (Å²) in [6.07, 6.45) is -3.24. The van der Waals surface area contributed by atoms with Crippen LogP contribution in [0.1, 0.15) is 97.2 Å². The van der Waals surface area contributed by atoms with Gasteiger partial charge >= 0.3 is 18.1 Å². The molecule has 1 fully saturated rings. The number of fused-ring (bicyclic) bond motifs is 1. The van der Waals surface area contributed by atoms with Gasteiger partial charge in [0.25, 0.3) is 5.91 Å². The van der Waals surface area contributed by atoms with Crippen LogP contribution in [0.4, 0.5) is 18.9 Å². The summed E-state index contributed by atoms with van der Waals surface area (Å²) < 4.78 is 53.0. The highest BCUT2D eigenvalue weighted by Gasteiger charge is 2.42. The Labute approximate surface area is 283 Å². The number of nitrogens with zero attached hydrogens (tertiary/aromatic N) is 2. The van der Waals surface area contributed by atoms with Gasteiger partial charge in [-0.1, -0.05) is 20.8 Å². The highest BCUT2D eigenvalue weighted by atomic mass is 19.4. The van der Waals surface area contributed by atoms with Crippen molar-refractivity contribution in [1.82, 2.24) is 10.2 Å². The molecule has 11 nitrogen and oxygen atoms in total. The van der Waals surface area contributed by atoms with E-state index in [0.717, 1.165) is 42.7 Å². The molecule has 0 aromatic heterocycles. The highest BCUT2D eigenvalue weighted by Crippen LogP contribution is 2.42. The lowest BCUT2D eigenvalue weighted by Crippen LogP contribution is -2.31. The lowest BCUT2D eigenvalue weighted by Gasteiger charge is -2.30. The zero-order valence-corrected chi connectivity index (χ0v) is 28.5. The molecule has 4 rings (SSSR count). The van der Waals surface area contributed by atoms with Crippen LogP contribution in [0.5, 0.6) is 11.5 Å². The minimum Gasteiger partial charge on any atom is -0.493 e. The first-order valence-corrected chi connectivity index (χ1v) is 16.3. The number of anilines is 1. The van der Waals surface area contributed by atoms with Gasteiger partial charge in [0.05, 0.1) is 31.0 Å². The predicted molar refractivity (Wildman–Crippen MR) is 176 cm³/mol. The number of unbranched alkanes of at least 4 members (excludes halogenated alkanes) is 1. The molecule has 0 spiro atoms. The number of esters is 2. The maximum Gasteiger partial charge on any atom is 0.491 e. The normalized spacial score (nSPS) is 14.5. The fraction of sp³-hybridized carbons (Fsp3) is 0.514. The minimum absolute atomic E-state index is 0.0665. The number of Topliss-reactive ketones (excluding diaryl/α,β-unsaturated/α-hetero) is 1. The molecule has 0 saturated carbocycles. The van der Waals surface area contributed by atoms with Crippen molar-refractivity contribution in [1.29, 1.82) is 5.41 Å². The number of hydrogen-bond donors (Lipinski definition) is 2. The van der Waals surface area contributed by atoms with Crippen molar-refractivity contribution in [3.63, 3.8) is 0 Å². The van der Waals surface area contributed by atoms with Crippen molar-refractivity contribution in [2.75, 3.05) is 44.8 Å². The SMILES string of the molecule is CCOc1cc2c(cc1C(=O)NC)C(=N)N(CC(=O)c1cc(N3CCCC3)c(OCCCCC(=O)OC(=O)C(F)(F)F)c(C(C)(C)C)c1)C2. The molecule has 0 aliphatic carbocycles. The van der Waals surface area contributed by atoms with Crippen LogP contribution in [0.25, 0.3) is 0 Å². The topological polar surface area (TPSA) is 138 Å². The van der Waals surface area contributed by atoms with E-state index in [1.54, 1.807) is 23.1 Å². The first-order chi connectivity index (χ1) is 23.0. The molecule has 2 N–H and O–H groups in total. The molecule has 1 amide bonds. The lowest BCUT2D eigenvalue weighted by molar-refractivity contribution is -0.201. The Hall–Kier alpha value is -4.62. The molecule has 0 atom stereocenters. The van der Waals surface area contributed by atoms with Gasteiger partial charge in [-0.05, 0) is 67.9 Å². The van der Waals surface area contributed by atoms with Gasteiger partial charge in [-0.2, -0.15) is 13.2 Å². The fourth-order valence-corrected chi connectivity index (χ4v) is 5.85. The Morgan fingerprint density at radius 2 is 1.67 bits per heavy atom. The van der Waals surface area contributed by atoms with E-state index in [9.17, 15) is 32.3 Å². The number of ether oxygens (including phenoxy) is 3. The number of alkyl halides is 3. The van der Waals surface area contributed by atoms with Crippen LogP contribution in [-0.4, -0.2) is 80.4 Å². The van der Waals surface area contributed by atoms with E-state index >= 15 is 0 Å². The molecule has 2 aromatic carbocycles. The number of amidine groups is 1. The largest absolute Gasteiger partial charge is 0.493 e. The average Bonchev–Trinajstić information content (AvgIpc) is 3.67. The van der Waals surface area contributed by atoms with E-state index in [1.165, 1.54) is 7.05 Å². The Kier molecular flexibility index (Phi) is 11.6. The standard InChI is InChI=1S/C35H43F3N4O7/c1-6-47-28-17-22-19-42(31(39)23(22)18-24(28)32(45)40-5)20-27(43)21-15-25(34(2,3)4)30(26(16-21)41-12-8-9-13-41)48-14-10-7-11-29(44)49-33(46)35(36,37)38/h15-18,39H,6-14,19-20H2,1-5H3,(H,40,45). The van der Waals surface area contributed by atoms with Crippen LogP contribution in [0.3, 0.4) is 0 Å². The lowest BCUT2D eigenvalue weighted by atomic mass is 9.84. The van der Waals surface area contributed by atoms with Crippen LogP contribution in [0.15, 0.2) is 24.3 Å².